The van der Waals surface area contributed by atoms with E-state index in [0.29, 0.717) is 12.1 Å². The lowest BCUT2D eigenvalue weighted by atomic mass is 10.1. The molecule has 1 N–H and O–H groups in total. The van der Waals surface area contributed by atoms with Gasteiger partial charge in [-0.2, -0.15) is 17.5 Å². The van der Waals surface area contributed by atoms with Crippen molar-refractivity contribution < 1.29 is 31.5 Å². The molecule has 0 saturated carbocycles. The maximum atomic E-state index is 12.9. The van der Waals surface area contributed by atoms with Crippen molar-refractivity contribution >= 4 is 27.6 Å². The third kappa shape index (κ3) is 3.53. The number of nitrogens with zero attached hydrogens (tertiary/aromatic N) is 1. The molecule has 0 heterocycles. The Morgan fingerprint density at radius 2 is 1.77 bits per heavy atom. The summed E-state index contributed by atoms with van der Waals surface area (Å²) < 4.78 is 64.3. The van der Waals surface area contributed by atoms with E-state index in [9.17, 15) is 26.4 Å². The standard InChI is InChI=1S/C12H13ClF3NO4S/c1-3-17(4-2)22(20,21)7-5-8(11(18)19)10(13)9(6-7)12(14,15)16/h5-6H,3-4H2,1-2H3,(H,18,19). The van der Waals surface area contributed by atoms with Crippen LogP contribution in [0.1, 0.15) is 29.8 Å². The Morgan fingerprint density at radius 3 is 2.14 bits per heavy atom. The number of carbonyl (C=O) groups is 1. The number of carboxylic acids is 1. The molecular weight excluding hydrogens is 347 g/mol. The first kappa shape index (κ1) is 18.7. The summed E-state index contributed by atoms with van der Waals surface area (Å²) in [7, 11) is -4.25. The molecule has 1 aromatic rings. The summed E-state index contributed by atoms with van der Waals surface area (Å²) in [6, 6.07) is 0.982. The first-order chi connectivity index (χ1) is 9.96. The van der Waals surface area contributed by atoms with Gasteiger partial charge in [0.15, 0.2) is 0 Å². The summed E-state index contributed by atoms with van der Waals surface area (Å²) in [4.78, 5) is 10.3. The van der Waals surface area contributed by atoms with Gasteiger partial charge in [-0.25, -0.2) is 13.2 Å². The van der Waals surface area contributed by atoms with Gasteiger partial charge in [0.1, 0.15) is 0 Å². The van der Waals surface area contributed by atoms with Crippen LogP contribution in [0.3, 0.4) is 0 Å². The highest BCUT2D eigenvalue weighted by Gasteiger charge is 2.37. The Morgan fingerprint density at radius 1 is 1.27 bits per heavy atom. The van der Waals surface area contributed by atoms with Crippen LogP contribution in [0.2, 0.25) is 5.02 Å². The largest absolute Gasteiger partial charge is 0.478 e. The zero-order valence-corrected chi connectivity index (χ0v) is 13.2. The highest BCUT2D eigenvalue weighted by Crippen LogP contribution is 2.38. The van der Waals surface area contributed by atoms with Gasteiger partial charge in [-0.05, 0) is 12.1 Å². The molecule has 0 aromatic heterocycles. The fourth-order valence-electron chi connectivity index (χ4n) is 1.82. The highest BCUT2D eigenvalue weighted by molar-refractivity contribution is 7.89. The van der Waals surface area contributed by atoms with Crippen LogP contribution in [0.25, 0.3) is 0 Å². The Hall–Kier alpha value is -1.32. The van der Waals surface area contributed by atoms with Gasteiger partial charge in [0, 0.05) is 13.1 Å². The Bertz CT molecular complexity index is 684. The maximum absolute atomic E-state index is 12.9. The van der Waals surface area contributed by atoms with Crippen molar-refractivity contribution in [3.05, 3.63) is 28.3 Å². The van der Waals surface area contributed by atoms with Gasteiger partial charge in [0.05, 0.1) is 21.0 Å². The summed E-state index contributed by atoms with van der Waals surface area (Å²) in [5.74, 6) is -1.74. The molecule has 0 aliphatic heterocycles. The minimum absolute atomic E-state index is 0.0330. The van der Waals surface area contributed by atoms with Crippen LogP contribution >= 0.6 is 11.6 Å². The van der Waals surface area contributed by atoms with Crippen LogP contribution in [-0.4, -0.2) is 36.9 Å². The lowest BCUT2D eigenvalue weighted by molar-refractivity contribution is -0.137. The van der Waals surface area contributed by atoms with Crippen molar-refractivity contribution in [1.82, 2.24) is 4.31 Å². The van der Waals surface area contributed by atoms with E-state index in [-0.39, 0.29) is 13.1 Å². The van der Waals surface area contributed by atoms with Gasteiger partial charge in [-0.15, -0.1) is 0 Å². The predicted octanol–water partition coefficient (Wildman–Crippen LogP) is 3.09. The van der Waals surface area contributed by atoms with E-state index in [1.54, 1.807) is 0 Å². The maximum Gasteiger partial charge on any atom is 0.417 e. The number of sulfonamides is 1. The molecule has 5 nitrogen and oxygen atoms in total. The van der Waals surface area contributed by atoms with Crippen molar-refractivity contribution in [2.75, 3.05) is 13.1 Å². The second-order valence-electron chi connectivity index (χ2n) is 4.22. The summed E-state index contributed by atoms with van der Waals surface area (Å²) in [6.07, 6.45) is -4.98. The molecule has 0 aliphatic carbocycles. The predicted molar refractivity (Wildman–Crippen MR) is 73.5 cm³/mol. The van der Waals surface area contributed by atoms with Crippen LogP contribution in [0.4, 0.5) is 13.2 Å². The fourth-order valence-corrected chi connectivity index (χ4v) is 3.63. The summed E-state index contributed by atoms with van der Waals surface area (Å²) in [6.45, 7) is 3.09. The second kappa shape index (κ2) is 6.43. The van der Waals surface area contributed by atoms with Gasteiger partial charge in [-0.1, -0.05) is 25.4 Å². The van der Waals surface area contributed by atoms with Crippen LogP contribution in [0.15, 0.2) is 17.0 Å². The molecule has 22 heavy (non-hydrogen) atoms. The Labute approximate surface area is 130 Å². The molecule has 0 aliphatic rings. The van der Waals surface area contributed by atoms with E-state index in [0.717, 1.165) is 4.31 Å². The van der Waals surface area contributed by atoms with Crippen molar-refractivity contribution in [3.63, 3.8) is 0 Å². The minimum Gasteiger partial charge on any atom is -0.478 e. The lowest BCUT2D eigenvalue weighted by Gasteiger charge is -2.20. The second-order valence-corrected chi connectivity index (χ2v) is 6.54. The number of hydrogen-bond donors (Lipinski definition) is 1. The molecule has 10 heteroatoms. The average molecular weight is 360 g/mol. The molecule has 0 spiro atoms. The molecule has 0 saturated heterocycles. The first-order valence-corrected chi connectivity index (χ1v) is 7.92. The summed E-state index contributed by atoms with van der Waals surface area (Å²) in [5.41, 5.74) is -2.41. The molecule has 0 bridgehead atoms. The molecular formula is C12H13ClF3NO4S. The third-order valence-electron chi connectivity index (χ3n) is 2.93. The lowest BCUT2D eigenvalue weighted by Crippen LogP contribution is -2.31. The number of rotatable bonds is 5. The molecule has 0 atom stereocenters. The van der Waals surface area contributed by atoms with Gasteiger partial charge in [0.25, 0.3) is 0 Å². The van der Waals surface area contributed by atoms with Crippen LogP contribution in [-0.2, 0) is 16.2 Å². The van der Waals surface area contributed by atoms with Crippen LogP contribution in [0, 0.1) is 0 Å². The smallest absolute Gasteiger partial charge is 0.417 e. The molecule has 0 amide bonds. The van der Waals surface area contributed by atoms with E-state index in [4.69, 9.17) is 16.7 Å². The van der Waals surface area contributed by atoms with Crippen molar-refractivity contribution in [2.24, 2.45) is 0 Å². The quantitative estimate of drug-likeness (QED) is 0.876. The molecule has 124 valence electrons. The fraction of sp³-hybridized carbons (Fsp3) is 0.417. The zero-order valence-electron chi connectivity index (χ0n) is 11.6. The Balaban J connectivity index is 3.71. The molecule has 1 rings (SSSR count). The van der Waals surface area contributed by atoms with Gasteiger partial charge < -0.3 is 5.11 Å². The highest BCUT2D eigenvalue weighted by atomic mass is 35.5. The van der Waals surface area contributed by atoms with Crippen molar-refractivity contribution in [1.29, 1.82) is 0 Å². The van der Waals surface area contributed by atoms with Gasteiger partial charge in [0.2, 0.25) is 10.0 Å². The van der Waals surface area contributed by atoms with Crippen molar-refractivity contribution in [3.8, 4) is 0 Å². The summed E-state index contributed by atoms with van der Waals surface area (Å²) in [5, 5.41) is 7.90. The Kier molecular flexibility index (Phi) is 5.47. The number of aromatic carboxylic acids is 1. The van der Waals surface area contributed by atoms with E-state index in [2.05, 4.69) is 0 Å². The van der Waals surface area contributed by atoms with E-state index in [1.165, 1.54) is 13.8 Å². The van der Waals surface area contributed by atoms with E-state index < -0.39 is 43.2 Å². The third-order valence-corrected chi connectivity index (χ3v) is 5.36. The van der Waals surface area contributed by atoms with Crippen molar-refractivity contribution in [2.45, 2.75) is 24.9 Å². The first-order valence-electron chi connectivity index (χ1n) is 6.11. The van der Waals surface area contributed by atoms with Gasteiger partial charge >= 0.3 is 12.1 Å². The van der Waals surface area contributed by atoms with E-state index in [1.807, 2.05) is 0 Å². The molecule has 0 unspecified atom stereocenters. The normalized spacial score (nSPS) is 12.7. The molecule has 0 fully saturated rings. The number of halogens is 4. The van der Waals surface area contributed by atoms with Gasteiger partial charge in [-0.3, -0.25) is 0 Å². The summed E-state index contributed by atoms with van der Waals surface area (Å²) >= 11 is 5.45. The molecule has 0 radical (unpaired) electrons. The monoisotopic (exact) mass is 359 g/mol. The average Bonchev–Trinajstić information content (AvgIpc) is 2.37. The van der Waals surface area contributed by atoms with Crippen LogP contribution in [0.5, 0.6) is 0 Å². The number of alkyl halides is 3. The number of hydrogen-bond acceptors (Lipinski definition) is 3. The van der Waals surface area contributed by atoms with Crippen LogP contribution < -0.4 is 0 Å². The number of carboxylic acid groups (broad SMARTS) is 1. The SMILES string of the molecule is CCN(CC)S(=O)(=O)c1cc(C(=O)O)c(Cl)c(C(F)(F)F)c1. The zero-order chi connectivity index (χ0) is 17.3. The minimum atomic E-state index is -4.98. The molecule has 1 aromatic carbocycles. The number of benzene rings is 1. The van der Waals surface area contributed by atoms with E-state index >= 15 is 0 Å². The topological polar surface area (TPSA) is 74.7 Å².